The molecule has 9 heterocycles. The first-order valence-electron chi connectivity index (χ1n) is 39.7. The van der Waals surface area contributed by atoms with Crippen molar-refractivity contribution in [2.45, 2.75) is 258 Å². The summed E-state index contributed by atoms with van der Waals surface area (Å²) in [6.45, 7) is 45.5. The van der Waals surface area contributed by atoms with Gasteiger partial charge in [-0.1, -0.05) is 126 Å². The van der Waals surface area contributed by atoms with Gasteiger partial charge < -0.3 is 33.0 Å². The Bertz CT molecular complexity index is 4750. The number of hydrogen-bond acceptors (Lipinski definition) is 15. The molecule has 0 N–H and O–H groups in total. The number of hydrogen-bond donors (Lipinski definition) is 0. The molecule has 4 aromatic carbocycles. The lowest BCUT2D eigenvalue weighted by molar-refractivity contribution is 0.00578. The van der Waals surface area contributed by atoms with Crippen LogP contribution in [0.4, 0.5) is 9.59 Å². The summed E-state index contributed by atoms with van der Waals surface area (Å²) in [5.41, 5.74) is 10.2. The zero-order chi connectivity index (χ0) is 77.8. The first-order chi connectivity index (χ1) is 51.4. The summed E-state index contributed by atoms with van der Waals surface area (Å²) in [6.07, 6.45) is 13.4. The van der Waals surface area contributed by atoms with E-state index in [2.05, 4.69) is 182 Å². The molecule has 2 amide bonds. The largest absolute Gasteiger partial charge is 0.494 e. The van der Waals surface area contributed by atoms with Gasteiger partial charge >= 0.3 is 19.3 Å². The fraction of sp³-hybridized carbons (Fsp3) is 0.529. The van der Waals surface area contributed by atoms with E-state index in [9.17, 15) is 9.59 Å². The molecule has 0 radical (unpaired) electrons. The molecule has 2 atom stereocenters. The normalized spacial score (nSPS) is 18.0. The molecule has 24 heteroatoms. The third-order valence-corrected chi connectivity index (χ3v) is 26.9. The van der Waals surface area contributed by atoms with Gasteiger partial charge in [-0.05, 0) is 206 Å². The Kier molecular flexibility index (Phi) is 22.9. The Labute approximate surface area is 647 Å². The molecule has 6 aromatic heterocycles. The molecule has 3 saturated heterocycles. The van der Waals surface area contributed by atoms with Crippen LogP contribution >= 0.6 is 0 Å². The van der Waals surface area contributed by atoms with Crippen LogP contribution in [0.3, 0.4) is 0 Å². The zero-order valence-corrected chi connectivity index (χ0v) is 71.2. The quantitative estimate of drug-likeness (QED) is 0.0458. The fourth-order valence-corrected chi connectivity index (χ4v) is 17.1. The van der Waals surface area contributed by atoms with Crippen molar-refractivity contribution in [3.8, 4) is 33.4 Å². The van der Waals surface area contributed by atoms with Gasteiger partial charge in [0.2, 0.25) is 0 Å². The molecular weight excluding hydrogens is 1410 g/mol. The van der Waals surface area contributed by atoms with Crippen molar-refractivity contribution in [1.82, 2.24) is 53.4 Å². The average Bonchev–Trinajstić information content (AvgIpc) is 1.63. The summed E-state index contributed by atoms with van der Waals surface area (Å²) in [6, 6.07) is 35.1. The summed E-state index contributed by atoms with van der Waals surface area (Å²) < 4.78 is 49.3. The van der Waals surface area contributed by atoms with Crippen LogP contribution in [0.5, 0.6) is 0 Å². The monoisotopic (exact) mass is 1530 g/mol. The predicted octanol–water partition coefficient (Wildman–Crippen LogP) is 20.0. The van der Waals surface area contributed by atoms with Crippen molar-refractivity contribution < 1.29 is 42.6 Å². The molecule has 14 rings (SSSR count). The van der Waals surface area contributed by atoms with E-state index in [0.29, 0.717) is 52.4 Å². The van der Waals surface area contributed by atoms with Crippen LogP contribution in [0, 0.1) is 0 Å². The number of imidazole rings is 3. The van der Waals surface area contributed by atoms with E-state index in [4.69, 9.17) is 62.9 Å². The zero-order valence-electron chi connectivity index (χ0n) is 68.2. The molecule has 0 bridgehead atoms. The number of amides is 2. The Hall–Kier alpha value is -7.68. The number of rotatable bonds is 22. The standard InChI is InChI=1S/C52H72N8O6Si2.C33H44BN3O3Si/c1-51(2,3)65-49(61)57-21-13-15-43(57)47-55-41-29-39(31-53-45(41)59(47)33-63-23-25-67(7,8)9)37-19-17-36-28-38(20-18-35(36)27-37)40-30-42-46(54-32-40)60(34-64-24-26-68(10,11)12)48(56-42)44-16-14-22-58(44)50(62)66-52(4,5)6;1-32(2)33(3,4)40-34(39-32)28-15-14-24-18-25(12-13-26(24)19-28)27-20-29-31(35-21-27)37(22-38-16-17-41(5,6)7)30(36-29)23-10-8-9-11-23/h17-20,27-32,43-44H,13-16,21-26,33-34H2,1-12H3;12-15,18-21,23H,8-11,16-17,22H2,1-7H3/t43-,44-;/m0./s1. The van der Waals surface area contributed by atoms with Crippen LogP contribution in [0.1, 0.15) is 156 Å². The third kappa shape index (κ3) is 18.8. The van der Waals surface area contributed by atoms with Crippen LogP contribution in [0.25, 0.3) is 88.4 Å². The molecule has 0 unspecified atom stereocenters. The van der Waals surface area contributed by atoms with Crippen molar-refractivity contribution >= 4 is 104 Å². The second-order valence-corrected chi connectivity index (χ2v) is 54.1. The van der Waals surface area contributed by atoms with Crippen LogP contribution in [-0.4, -0.2) is 152 Å². The second kappa shape index (κ2) is 31.5. The number of aromatic nitrogens is 9. The molecule has 109 heavy (non-hydrogen) atoms. The highest BCUT2D eigenvalue weighted by Crippen LogP contribution is 2.42. The number of fused-ring (bicyclic) bond motifs is 5. The maximum atomic E-state index is 13.4. The lowest BCUT2D eigenvalue weighted by Crippen LogP contribution is -2.41. The van der Waals surface area contributed by atoms with Crippen molar-refractivity contribution in [3.63, 3.8) is 0 Å². The third-order valence-electron chi connectivity index (χ3n) is 21.8. The van der Waals surface area contributed by atoms with E-state index >= 15 is 0 Å². The summed E-state index contributed by atoms with van der Waals surface area (Å²) >= 11 is 0. The number of carbonyl (C=O) groups is 2. The molecule has 580 valence electrons. The number of ether oxygens (including phenoxy) is 5. The minimum atomic E-state index is -1.30. The maximum Gasteiger partial charge on any atom is 0.494 e. The maximum absolute atomic E-state index is 13.4. The Morgan fingerprint density at radius 3 is 1.15 bits per heavy atom. The van der Waals surface area contributed by atoms with Crippen molar-refractivity contribution in [2.24, 2.45) is 0 Å². The van der Waals surface area contributed by atoms with Gasteiger partial charge in [0, 0.05) is 98.3 Å². The lowest BCUT2D eigenvalue weighted by Gasteiger charge is -2.32. The number of carbonyl (C=O) groups excluding carboxylic acids is 2. The van der Waals surface area contributed by atoms with Crippen LogP contribution in [0.15, 0.2) is 110 Å². The molecule has 20 nitrogen and oxygen atoms in total. The van der Waals surface area contributed by atoms with Crippen LogP contribution < -0.4 is 5.46 Å². The number of likely N-dealkylation sites (tertiary alicyclic amines) is 2. The van der Waals surface area contributed by atoms with Gasteiger partial charge in [-0.15, -0.1) is 0 Å². The van der Waals surface area contributed by atoms with Gasteiger partial charge in [0.25, 0.3) is 0 Å². The fourth-order valence-electron chi connectivity index (χ4n) is 14.9. The van der Waals surface area contributed by atoms with Gasteiger partial charge in [0.15, 0.2) is 16.9 Å². The number of pyridine rings is 3. The highest BCUT2D eigenvalue weighted by molar-refractivity contribution is 6.76. The molecule has 0 spiro atoms. The Morgan fingerprint density at radius 2 is 0.789 bits per heavy atom. The molecule has 1 aliphatic carbocycles. The highest BCUT2D eigenvalue weighted by atomic mass is 28.3. The minimum absolute atomic E-state index is 0.243. The average molecular weight is 1530 g/mol. The SMILES string of the molecule is CC(C)(C)OC(=O)N1CCC[C@H]1c1nc2cc(-c3ccc4cc(-c5cnc6c(c5)nc([C@@H]5CCCN5C(=O)OC(C)(C)C)n6COCC[Si](C)(C)C)ccc4c3)cnc2n1COCC[Si](C)(C)C.CC1(C)OB(c2ccc3cc(-c4cnc5c(c4)nc(C4CCCC4)n5COCC[Si](C)(C)C)ccc3c2)OC1(C)C. The van der Waals surface area contributed by atoms with Crippen molar-refractivity contribution in [2.75, 3.05) is 32.9 Å². The van der Waals surface area contributed by atoms with E-state index in [1.807, 2.05) is 79.1 Å². The van der Waals surface area contributed by atoms with Gasteiger partial charge in [0.05, 0.1) is 23.3 Å². The summed E-state index contributed by atoms with van der Waals surface area (Å²) in [5.74, 6) is 3.18. The minimum Gasteiger partial charge on any atom is -0.444 e. The first kappa shape index (κ1) is 79.4. The smallest absolute Gasteiger partial charge is 0.444 e. The number of nitrogens with zero attached hydrogens (tertiary/aromatic N) is 11. The number of benzene rings is 4. The van der Waals surface area contributed by atoms with Gasteiger partial charge in [-0.2, -0.15) is 0 Å². The molecule has 10 aromatic rings. The molecule has 3 aliphatic heterocycles. The predicted molar refractivity (Wildman–Crippen MR) is 447 cm³/mol. The van der Waals surface area contributed by atoms with E-state index in [1.165, 1.54) is 36.5 Å². The van der Waals surface area contributed by atoms with Crippen molar-refractivity contribution in [1.29, 1.82) is 0 Å². The summed E-state index contributed by atoms with van der Waals surface area (Å²) in [5, 5.41) is 4.52. The second-order valence-electron chi connectivity index (χ2n) is 37.3. The summed E-state index contributed by atoms with van der Waals surface area (Å²) in [7, 11) is -4.10. The molecule has 4 aliphatic rings. The van der Waals surface area contributed by atoms with E-state index < -0.39 is 35.4 Å². The Balaban J connectivity index is 0.000000217. The molecular formula is C85H116BN11O9Si3. The Morgan fingerprint density at radius 1 is 0.450 bits per heavy atom. The summed E-state index contributed by atoms with van der Waals surface area (Å²) in [4.78, 5) is 60.9. The first-order valence-corrected chi connectivity index (χ1v) is 50.8. The van der Waals surface area contributed by atoms with Gasteiger partial charge in [-0.3, -0.25) is 23.5 Å². The molecule has 1 saturated carbocycles. The van der Waals surface area contributed by atoms with Crippen molar-refractivity contribution in [3.05, 3.63) is 127 Å². The van der Waals surface area contributed by atoms with E-state index in [1.54, 1.807) is 0 Å². The lowest BCUT2D eigenvalue weighted by atomic mass is 9.78. The highest BCUT2D eigenvalue weighted by Gasteiger charge is 2.52. The topological polar surface area (TPSA) is 197 Å². The van der Waals surface area contributed by atoms with E-state index in [0.717, 1.165) is 151 Å². The van der Waals surface area contributed by atoms with Crippen LogP contribution in [0.2, 0.25) is 77.1 Å². The van der Waals surface area contributed by atoms with Gasteiger partial charge in [0.1, 0.15) is 65.4 Å². The van der Waals surface area contributed by atoms with Crippen LogP contribution in [-0.2, 0) is 53.2 Å². The van der Waals surface area contributed by atoms with E-state index in [-0.39, 0.29) is 42.6 Å². The molecule has 4 fully saturated rings. The van der Waals surface area contributed by atoms with Gasteiger partial charge in [-0.25, -0.2) is 39.5 Å².